The maximum atomic E-state index is 13.4. The van der Waals surface area contributed by atoms with Crippen molar-refractivity contribution < 1.29 is 13.7 Å². The number of rotatable bonds is 4. The van der Waals surface area contributed by atoms with Crippen molar-refractivity contribution in [3.8, 4) is 11.3 Å². The fraction of sp³-hybridized carbons (Fsp3) is 0.250. The molecule has 0 bridgehead atoms. The van der Waals surface area contributed by atoms with Gasteiger partial charge in [-0.3, -0.25) is 4.79 Å². The molecule has 0 saturated carbocycles. The maximum Gasteiger partial charge on any atom is 0.263 e. The van der Waals surface area contributed by atoms with Crippen LogP contribution >= 0.6 is 0 Å². The normalized spacial score (nSPS) is 14.6. The lowest BCUT2D eigenvalue weighted by molar-refractivity contribution is -0.120. The van der Waals surface area contributed by atoms with E-state index in [0.29, 0.717) is 48.5 Å². The number of anilines is 2. The summed E-state index contributed by atoms with van der Waals surface area (Å²) in [5.74, 6) is 0.375. The van der Waals surface area contributed by atoms with Gasteiger partial charge in [-0.05, 0) is 61.7 Å². The molecule has 2 aromatic heterocycles. The van der Waals surface area contributed by atoms with Crippen LogP contribution in [-0.2, 0) is 4.79 Å². The third-order valence-corrected chi connectivity index (χ3v) is 5.82. The van der Waals surface area contributed by atoms with Gasteiger partial charge in [0, 0.05) is 30.3 Å². The number of benzene rings is 2. The van der Waals surface area contributed by atoms with Gasteiger partial charge in [0.15, 0.2) is 0 Å². The van der Waals surface area contributed by atoms with E-state index >= 15 is 0 Å². The molecule has 1 amide bonds. The Hall–Kier alpha value is -3.81. The number of halogens is 1. The topological polar surface area (TPSA) is 84.2 Å². The van der Waals surface area contributed by atoms with Gasteiger partial charge in [-0.2, -0.15) is 4.98 Å². The molecule has 1 saturated heterocycles. The molecule has 8 heteroatoms. The van der Waals surface area contributed by atoms with Crippen molar-refractivity contribution in [2.45, 2.75) is 19.8 Å². The van der Waals surface area contributed by atoms with E-state index in [1.54, 1.807) is 12.1 Å². The molecule has 7 nitrogen and oxygen atoms in total. The van der Waals surface area contributed by atoms with Gasteiger partial charge in [0.25, 0.3) is 5.71 Å². The minimum Gasteiger partial charge on any atom is -0.356 e. The summed E-state index contributed by atoms with van der Waals surface area (Å²) in [7, 11) is 0. The number of carbonyl (C=O) groups excluding carboxylic acids is 1. The lowest BCUT2D eigenvalue weighted by Crippen LogP contribution is -2.38. The predicted octanol–water partition coefficient (Wildman–Crippen LogP) is 4.59. The van der Waals surface area contributed by atoms with Crippen molar-refractivity contribution in [3.05, 3.63) is 66.2 Å². The average molecular weight is 431 g/mol. The number of hydrogen-bond acceptors (Lipinski definition) is 6. The molecule has 0 unspecified atom stereocenters. The molecule has 0 spiro atoms. The first kappa shape index (κ1) is 20.1. The second kappa shape index (κ2) is 8.37. The third kappa shape index (κ3) is 3.91. The first-order valence-corrected chi connectivity index (χ1v) is 10.6. The quantitative estimate of drug-likeness (QED) is 0.509. The number of fused-ring (bicyclic) bond motifs is 1. The summed E-state index contributed by atoms with van der Waals surface area (Å²) in [5, 5.41) is 7.88. The van der Waals surface area contributed by atoms with Gasteiger partial charge >= 0.3 is 0 Å². The van der Waals surface area contributed by atoms with Crippen LogP contribution in [0.1, 0.15) is 18.4 Å². The number of aryl methyl sites for hydroxylation is 1. The second-order valence-corrected chi connectivity index (χ2v) is 8.04. The summed E-state index contributed by atoms with van der Waals surface area (Å²) in [6.07, 6.45) is 2.87. The van der Waals surface area contributed by atoms with Crippen LogP contribution in [-0.4, -0.2) is 34.1 Å². The fourth-order valence-electron chi connectivity index (χ4n) is 4.14. The number of hydrogen-bond donors (Lipinski definition) is 1. The van der Waals surface area contributed by atoms with E-state index in [9.17, 15) is 9.18 Å². The number of amides is 1. The Kier molecular flexibility index (Phi) is 5.26. The summed E-state index contributed by atoms with van der Waals surface area (Å²) < 4.78 is 18.8. The number of aromatic nitrogens is 3. The summed E-state index contributed by atoms with van der Waals surface area (Å²) in [6, 6.07) is 13.9. The summed E-state index contributed by atoms with van der Waals surface area (Å²) in [6.45, 7) is 3.35. The highest BCUT2D eigenvalue weighted by molar-refractivity contribution is 5.98. The van der Waals surface area contributed by atoms with Gasteiger partial charge in [-0.15, -0.1) is 0 Å². The van der Waals surface area contributed by atoms with E-state index in [1.165, 1.54) is 18.5 Å². The fourth-order valence-corrected chi connectivity index (χ4v) is 4.14. The average Bonchev–Trinajstić information content (AvgIpc) is 3.24. The van der Waals surface area contributed by atoms with Crippen LogP contribution < -0.4 is 10.2 Å². The Morgan fingerprint density at radius 2 is 1.91 bits per heavy atom. The SMILES string of the molecule is Cc1cccc(NC(=O)C2CCN(c3ncnc4onc(-c5ccc(F)cc5)c34)CC2)c1. The predicted molar refractivity (Wildman–Crippen MR) is 120 cm³/mol. The van der Waals surface area contributed by atoms with Gasteiger partial charge < -0.3 is 14.7 Å². The van der Waals surface area contributed by atoms with Gasteiger partial charge in [0.05, 0.1) is 0 Å². The molecular weight excluding hydrogens is 409 g/mol. The van der Waals surface area contributed by atoms with Crippen molar-refractivity contribution in [2.75, 3.05) is 23.3 Å². The van der Waals surface area contributed by atoms with Crippen molar-refractivity contribution in [1.82, 2.24) is 15.1 Å². The molecule has 1 N–H and O–H groups in total. The number of nitrogens with zero attached hydrogens (tertiary/aromatic N) is 4. The Morgan fingerprint density at radius 3 is 2.66 bits per heavy atom. The van der Waals surface area contributed by atoms with E-state index in [0.717, 1.165) is 16.8 Å². The van der Waals surface area contributed by atoms with Crippen LogP contribution in [0.3, 0.4) is 0 Å². The smallest absolute Gasteiger partial charge is 0.263 e. The molecule has 2 aromatic carbocycles. The van der Waals surface area contributed by atoms with Crippen LogP contribution in [0.2, 0.25) is 0 Å². The summed E-state index contributed by atoms with van der Waals surface area (Å²) in [4.78, 5) is 23.6. The molecule has 0 aliphatic carbocycles. The Morgan fingerprint density at radius 1 is 1.12 bits per heavy atom. The van der Waals surface area contributed by atoms with E-state index < -0.39 is 0 Å². The lowest BCUT2D eigenvalue weighted by atomic mass is 9.95. The molecule has 0 radical (unpaired) electrons. The molecule has 4 aromatic rings. The van der Waals surface area contributed by atoms with Crippen molar-refractivity contribution in [1.29, 1.82) is 0 Å². The molecule has 1 fully saturated rings. The van der Waals surface area contributed by atoms with Gasteiger partial charge in [0.2, 0.25) is 5.91 Å². The molecule has 1 aliphatic rings. The lowest BCUT2D eigenvalue weighted by Gasteiger charge is -2.32. The molecule has 0 atom stereocenters. The highest BCUT2D eigenvalue weighted by Gasteiger charge is 2.28. The van der Waals surface area contributed by atoms with Crippen molar-refractivity contribution in [2.24, 2.45) is 5.92 Å². The summed E-state index contributed by atoms with van der Waals surface area (Å²) in [5.41, 5.74) is 3.62. The van der Waals surface area contributed by atoms with E-state index in [4.69, 9.17) is 4.52 Å². The van der Waals surface area contributed by atoms with Crippen LogP contribution in [0.4, 0.5) is 15.9 Å². The largest absolute Gasteiger partial charge is 0.356 e. The van der Waals surface area contributed by atoms with E-state index in [-0.39, 0.29) is 17.6 Å². The molecule has 32 heavy (non-hydrogen) atoms. The molecule has 1 aliphatic heterocycles. The number of piperidine rings is 1. The van der Waals surface area contributed by atoms with Crippen LogP contribution in [0.5, 0.6) is 0 Å². The Labute approximate surface area is 184 Å². The molecule has 5 rings (SSSR count). The zero-order chi connectivity index (χ0) is 22.1. The zero-order valence-corrected chi connectivity index (χ0v) is 17.6. The van der Waals surface area contributed by atoms with Gasteiger partial charge in [-0.1, -0.05) is 17.3 Å². The van der Waals surface area contributed by atoms with Crippen LogP contribution in [0.25, 0.3) is 22.4 Å². The zero-order valence-electron chi connectivity index (χ0n) is 17.6. The van der Waals surface area contributed by atoms with Crippen molar-refractivity contribution >= 4 is 28.5 Å². The van der Waals surface area contributed by atoms with Crippen molar-refractivity contribution in [3.63, 3.8) is 0 Å². The monoisotopic (exact) mass is 431 g/mol. The van der Waals surface area contributed by atoms with Gasteiger partial charge in [0.1, 0.15) is 29.0 Å². The van der Waals surface area contributed by atoms with E-state index in [2.05, 4.69) is 25.3 Å². The Balaban J connectivity index is 1.34. The van der Waals surface area contributed by atoms with Crippen LogP contribution in [0.15, 0.2) is 59.4 Å². The van der Waals surface area contributed by atoms with Gasteiger partial charge in [-0.25, -0.2) is 9.37 Å². The minimum absolute atomic E-state index is 0.0417. The molecule has 3 heterocycles. The van der Waals surface area contributed by atoms with Crippen LogP contribution in [0, 0.1) is 18.7 Å². The first-order valence-electron chi connectivity index (χ1n) is 10.6. The maximum absolute atomic E-state index is 13.4. The first-order chi connectivity index (χ1) is 15.6. The highest BCUT2D eigenvalue weighted by atomic mass is 19.1. The number of nitrogens with one attached hydrogen (secondary N) is 1. The molecular formula is C24H22FN5O2. The Bertz CT molecular complexity index is 1260. The highest BCUT2D eigenvalue weighted by Crippen LogP contribution is 2.34. The standard InChI is InChI=1S/C24H22FN5O2/c1-15-3-2-4-19(13-15)28-23(31)17-9-11-30(12-10-17)22-20-21(16-5-7-18(25)8-6-16)29-32-24(20)27-14-26-22/h2-8,13-14,17H,9-12H2,1H3,(H,28,31). The second-order valence-electron chi connectivity index (χ2n) is 8.04. The third-order valence-electron chi connectivity index (χ3n) is 5.82. The summed E-state index contributed by atoms with van der Waals surface area (Å²) >= 11 is 0. The molecule has 162 valence electrons. The minimum atomic E-state index is -0.316. The number of carbonyl (C=O) groups is 1. The van der Waals surface area contributed by atoms with E-state index in [1.807, 2.05) is 31.2 Å².